The van der Waals surface area contributed by atoms with Crippen LogP contribution in [0.3, 0.4) is 0 Å². The molecule has 0 aromatic carbocycles. The molecule has 2 aliphatic heterocycles. The Bertz CT molecular complexity index is 466. The first-order valence-corrected chi connectivity index (χ1v) is 7.90. The molecular weight excluding hydrogens is 284 g/mol. The van der Waals surface area contributed by atoms with Gasteiger partial charge in [-0.3, -0.25) is 9.59 Å². The first-order valence-electron chi connectivity index (χ1n) is 7.90. The van der Waals surface area contributed by atoms with E-state index in [1.165, 1.54) is 4.90 Å². The van der Waals surface area contributed by atoms with Gasteiger partial charge in [0.05, 0.1) is 6.04 Å². The molecule has 2 heterocycles. The lowest BCUT2D eigenvalue weighted by Crippen LogP contribution is -2.58. The van der Waals surface area contributed by atoms with Crippen molar-refractivity contribution in [1.82, 2.24) is 20.0 Å². The molecule has 1 N–H and O–H groups in total. The Labute approximate surface area is 131 Å². The zero-order chi connectivity index (χ0) is 16.4. The van der Waals surface area contributed by atoms with E-state index in [9.17, 15) is 14.4 Å². The molecule has 0 aliphatic carbocycles. The Hall–Kier alpha value is -1.79. The lowest BCUT2D eigenvalue weighted by atomic mass is 10.1. The van der Waals surface area contributed by atoms with Crippen LogP contribution >= 0.6 is 0 Å². The van der Waals surface area contributed by atoms with Crippen molar-refractivity contribution in [2.45, 2.75) is 39.3 Å². The van der Waals surface area contributed by atoms with Gasteiger partial charge in [0.1, 0.15) is 12.6 Å². The maximum absolute atomic E-state index is 12.4. The molecule has 22 heavy (non-hydrogen) atoms. The zero-order valence-electron chi connectivity index (χ0n) is 13.8. The summed E-state index contributed by atoms with van der Waals surface area (Å²) in [6.45, 7) is 7.66. The van der Waals surface area contributed by atoms with Crippen LogP contribution < -0.4 is 5.32 Å². The van der Waals surface area contributed by atoms with Crippen molar-refractivity contribution in [3.63, 3.8) is 0 Å². The molecular formula is C15H26N4O3. The molecule has 4 amide bonds. The Balaban J connectivity index is 1.91. The molecule has 0 saturated carbocycles. The largest absolute Gasteiger partial charge is 0.355 e. The number of nitrogens with one attached hydrogen (secondary N) is 1. The van der Waals surface area contributed by atoms with Crippen LogP contribution in [0.25, 0.3) is 0 Å². The predicted octanol–water partition coefficient (Wildman–Crippen LogP) is 0.115. The third-order valence-electron chi connectivity index (χ3n) is 4.33. The van der Waals surface area contributed by atoms with Crippen molar-refractivity contribution < 1.29 is 14.4 Å². The number of fused-ring (bicyclic) bond motifs is 1. The van der Waals surface area contributed by atoms with Gasteiger partial charge in [-0.15, -0.1) is 0 Å². The summed E-state index contributed by atoms with van der Waals surface area (Å²) in [5.74, 6) is 0.346. The minimum atomic E-state index is -0.453. The highest BCUT2D eigenvalue weighted by Crippen LogP contribution is 2.24. The summed E-state index contributed by atoms with van der Waals surface area (Å²) < 4.78 is 0. The van der Waals surface area contributed by atoms with Gasteiger partial charge in [0.2, 0.25) is 11.8 Å². The van der Waals surface area contributed by atoms with Crippen molar-refractivity contribution in [2.75, 3.05) is 33.2 Å². The van der Waals surface area contributed by atoms with Crippen LogP contribution in [0.4, 0.5) is 4.79 Å². The highest BCUT2D eigenvalue weighted by molar-refractivity contribution is 5.91. The molecule has 0 bridgehead atoms. The highest BCUT2D eigenvalue weighted by atomic mass is 16.2. The van der Waals surface area contributed by atoms with Gasteiger partial charge in [-0.2, -0.15) is 0 Å². The molecule has 7 nitrogen and oxygen atoms in total. The third kappa shape index (κ3) is 3.34. The Morgan fingerprint density at radius 1 is 1.32 bits per heavy atom. The van der Waals surface area contributed by atoms with E-state index >= 15 is 0 Å². The second kappa shape index (κ2) is 6.54. The summed E-state index contributed by atoms with van der Waals surface area (Å²) in [5.41, 5.74) is 0. The number of likely N-dealkylation sites (N-methyl/N-ethyl adjacent to an activating group) is 1. The number of carbonyl (C=O) groups is 3. The average molecular weight is 310 g/mol. The van der Waals surface area contributed by atoms with E-state index in [1.807, 2.05) is 0 Å². The molecule has 2 saturated heterocycles. The predicted molar refractivity (Wildman–Crippen MR) is 82.2 cm³/mol. The number of rotatable bonds is 5. The number of carbonyl (C=O) groups excluding carboxylic acids is 3. The van der Waals surface area contributed by atoms with Crippen LogP contribution in [0.1, 0.15) is 27.2 Å². The Kier molecular flexibility index (Phi) is 4.93. The number of amides is 4. The lowest BCUT2D eigenvalue weighted by Gasteiger charge is -2.38. The number of hydrogen-bond donors (Lipinski definition) is 1. The van der Waals surface area contributed by atoms with Crippen LogP contribution in [0.15, 0.2) is 0 Å². The summed E-state index contributed by atoms with van der Waals surface area (Å²) in [5, 5.41) is 2.84. The monoisotopic (exact) mass is 310 g/mol. The van der Waals surface area contributed by atoms with E-state index in [-0.39, 0.29) is 30.4 Å². The van der Waals surface area contributed by atoms with Gasteiger partial charge in [-0.05, 0) is 19.3 Å². The van der Waals surface area contributed by atoms with Crippen molar-refractivity contribution in [2.24, 2.45) is 5.92 Å². The first kappa shape index (κ1) is 16.6. The SMILES string of the molecule is CC(C)CCNC(=O)CN1C[C@@H]2CN(C)C(=O)[C@H](C)N2C1=O. The number of piperazine rings is 1. The van der Waals surface area contributed by atoms with Crippen LogP contribution in [0.2, 0.25) is 0 Å². The summed E-state index contributed by atoms with van der Waals surface area (Å²) in [4.78, 5) is 41.2. The van der Waals surface area contributed by atoms with E-state index in [4.69, 9.17) is 0 Å². The van der Waals surface area contributed by atoms with Gasteiger partial charge in [0.25, 0.3) is 0 Å². The quantitative estimate of drug-likeness (QED) is 0.783. The molecule has 124 valence electrons. The molecule has 2 rings (SSSR count). The lowest BCUT2D eigenvalue weighted by molar-refractivity contribution is -0.139. The number of hydrogen-bond acceptors (Lipinski definition) is 3. The van der Waals surface area contributed by atoms with E-state index < -0.39 is 6.04 Å². The summed E-state index contributed by atoms with van der Waals surface area (Å²) >= 11 is 0. The minimum Gasteiger partial charge on any atom is -0.355 e. The van der Waals surface area contributed by atoms with E-state index in [0.717, 1.165) is 6.42 Å². The Morgan fingerprint density at radius 2 is 2.00 bits per heavy atom. The van der Waals surface area contributed by atoms with Gasteiger partial charge >= 0.3 is 6.03 Å². The van der Waals surface area contributed by atoms with Gasteiger partial charge in [0.15, 0.2) is 0 Å². The van der Waals surface area contributed by atoms with Crippen LogP contribution in [0, 0.1) is 5.92 Å². The molecule has 2 aliphatic rings. The van der Waals surface area contributed by atoms with Crippen LogP contribution in [-0.4, -0.2) is 77.9 Å². The summed E-state index contributed by atoms with van der Waals surface area (Å²) in [6.07, 6.45) is 0.921. The Morgan fingerprint density at radius 3 is 2.64 bits per heavy atom. The van der Waals surface area contributed by atoms with Gasteiger partial charge in [-0.25, -0.2) is 4.79 Å². The minimum absolute atomic E-state index is 0.0198. The maximum atomic E-state index is 12.4. The zero-order valence-corrected chi connectivity index (χ0v) is 13.8. The molecule has 0 spiro atoms. The molecule has 2 fully saturated rings. The van der Waals surface area contributed by atoms with Crippen molar-refractivity contribution in [3.05, 3.63) is 0 Å². The first-order chi connectivity index (χ1) is 10.3. The second-order valence-electron chi connectivity index (χ2n) is 6.65. The molecule has 2 atom stereocenters. The fourth-order valence-electron chi connectivity index (χ4n) is 3.07. The fraction of sp³-hybridized carbons (Fsp3) is 0.800. The number of urea groups is 1. The summed E-state index contributed by atoms with van der Waals surface area (Å²) in [6, 6.07) is -0.683. The average Bonchev–Trinajstić information content (AvgIpc) is 2.72. The van der Waals surface area contributed by atoms with E-state index in [1.54, 1.807) is 23.8 Å². The van der Waals surface area contributed by atoms with Crippen molar-refractivity contribution in [3.8, 4) is 0 Å². The molecule has 0 unspecified atom stereocenters. The fourth-order valence-corrected chi connectivity index (χ4v) is 3.07. The van der Waals surface area contributed by atoms with Crippen molar-refractivity contribution >= 4 is 17.8 Å². The van der Waals surface area contributed by atoms with Crippen LogP contribution in [0.5, 0.6) is 0 Å². The van der Waals surface area contributed by atoms with E-state index in [0.29, 0.717) is 25.6 Å². The third-order valence-corrected chi connectivity index (χ3v) is 4.33. The molecule has 0 aromatic rings. The normalized spacial score (nSPS) is 25.0. The smallest absolute Gasteiger partial charge is 0.321 e. The van der Waals surface area contributed by atoms with Gasteiger partial charge < -0.3 is 20.0 Å². The van der Waals surface area contributed by atoms with E-state index in [2.05, 4.69) is 19.2 Å². The van der Waals surface area contributed by atoms with Crippen LogP contribution in [-0.2, 0) is 9.59 Å². The second-order valence-corrected chi connectivity index (χ2v) is 6.65. The highest BCUT2D eigenvalue weighted by Gasteiger charge is 2.47. The maximum Gasteiger partial charge on any atom is 0.321 e. The van der Waals surface area contributed by atoms with Gasteiger partial charge in [0, 0.05) is 26.7 Å². The van der Waals surface area contributed by atoms with Gasteiger partial charge in [-0.1, -0.05) is 13.8 Å². The molecule has 7 heteroatoms. The molecule has 0 radical (unpaired) electrons. The topological polar surface area (TPSA) is 73.0 Å². The number of nitrogens with zero attached hydrogens (tertiary/aromatic N) is 3. The standard InChI is InChI=1S/C15H26N4O3/c1-10(2)5-6-16-13(20)9-18-8-12-7-17(4)14(21)11(3)19(12)15(18)22/h10-12H,5-9H2,1-4H3,(H,16,20)/t11-,12-/m0/s1. The molecule has 0 aromatic heterocycles. The summed E-state index contributed by atoms with van der Waals surface area (Å²) in [7, 11) is 1.75. The van der Waals surface area contributed by atoms with Crippen molar-refractivity contribution in [1.29, 1.82) is 0 Å².